The van der Waals surface area contributed by atoms with Crippen LogP contribution in [0.4, 0.5) is 5.13 Å². The Hall–Kier alpha value is -2.19. The third-order valence-electron chi connectivity index (χ3n) is 4.85. The highest BCUT2D eigenvalue weighted by Crippen LogP contribution is 2.35. The van der Waals surface area contributed by atoms with Gasteiger partial charge in [-0.2, -0.15) is 0 Å². The Labute approximate surface area is 172 Å². The standard InChI is InChI=1S/C20H22N4O2S2/c1-3-26-19(25)13-4-5-16-17(9-13)28-20(24-16)23-14-6-12(7-14)8-18-21-10-15(27-2)11-22-18/h4-5,9-12,14H,3,6-8H2,1-2H3,(H,23,24). The van der Waals surface area contributed by atoms with Crippen molar-refractivity contribution < 1.29 is 9.53 Å². The number of nitrogens with one attached hydrogen (secondary N) is 1. The molecule has 0 bridgehead atoms. The fraction of sp³-hybridized carbons (Fsp3) is 0.400. The maximum atomic E-state index is 11.9. The summed E-state index contributed by atoms with van der Waals surface area (Å²) in [5.41, 5.74) is 1.47. The summed E-state index contributed by atoms with van der Waals surface area (Å²) in [6.45, 7) is 2.18. The Bertz CT molecular complexity index is 968. The molecule has 0 spiro atoms. The zero-order valence-corrected chi connectivity index (χ0v) is 17.5. The van der Waals surface area contributed by atoms with Gasteiger partial charge in [0.05, 0.1) is 22.4 Å². The van der Waals surface area contributed by atoms with Gasteiger partial charge in [-0.25, -0.2) is 19.7 Å². The topological polar surface area (TPSA) is 77.0 Å². The van der Waals surface area contributed by atoms with E-state index in [2.05, 4.69) is 20.3 Å². The molecule has 0 atom stereocenters. The van der Waals surface area contributed by atoms with Gasteiger partial charge in [0.25, 0.3) is 0 Å². The number of hydrogen-bond acceptors (Lipinski definition) is 8. The monoisotopic (exact) mass is 414 g/mol. The van der Waals surface area contributed by atoms with E-state index < -0.39 is 0 Å². The van der Waals surface area contributed by atoms with Gasteiger partial charge in [0.2, 0.25) is 0 Å². The summed E-state index contributed by atoms with van der Waals surface area (Å²) in [6.07, 6.45) is 8.94. The van der Waals surface area contributed by atoms with E-state index in [0.717, 1.165) is 45.3 Å². The molecule has 1 saturated carbocycles. The normalized spacial score (nSPS) is 18.6. The first-order valence-electron chi connectivity index (χ1n) is 9.33. The number of thioether (sulfide) groups is 1. The summed E-state index contributed by atoms with van der Waals surface area (Å²) >= 11 is 3.23. The predicted octanol–water partition coefficient (Wildman–Crippen LogP) is 4.42. The maximum absolute atomic E-state index is 11.9. The zero-order chi connectivity index (χ0) is 19.5. The Morgan fingerprint density at radius 3 is 2.82 bits per heavy atom. The first-order valence-corrected chi connectivity index (χ1v) is 11.4. The average Bonchev–Trinajstić information content (AvgIpc) is 3.08. The number of benzene rings is 1. The molecule has 1 N–H and O–H groups in total. The van der Waals surface area contributed by atoms with Gasteiger partial charge in [-0.1, -0.05) is 11.3 Å². The van der Waals surface area contributed by atoms with Crippen LogP contribution in [-0.4, -0.2) is 39.8 Å². The smallest absolute Gasteiger partial charge is 0.338 e. The number of fused-ring (bicyclic) bond motifs is 1. The van der Waals surface area contributed by atoms with Crippen LogP contribution in [0.15, 0.2) is 35.5 Å². The fourth-order valence-corrected chi connectivity index (χ4v) is 4.63. The largest absolute Gasteiger partial charge is 0.462 e. The van der Waals surface area contributed by atoms with Crippen LogP contribution in [0.2, 0.25) is 0 Å². The van der Waals surface area contributed by atoms with Crippen LogP contribution in [0.25, 0.3) is 10.2 Å². The second-order valence-corrected chi connectivity index (χ2v) is 8.75. The second-order valence-electron chi connectivity index (χ2n) is 6.84. The van der Waals surface area contributed by atoms with Crippen molar-refractivity contribution in [2.24, 2.45) is 5.92 Å². The predicted molar refractivity (Wildman–Crippen MR) is 113 cm³/mol. The number of carbonyl (C=O) groups excluding carboxylic acids is 1. The molecule has 0 saturated heterocycles. The van der Waals surface area contributed by atoms with Gasteiger partial charge in [-0.05, 0) is 50.1 Å². The number of ether oxygens (including phenoxy) is 1. The number of carbonyl (C=O) groups is 1. The quantitative estimate of drug-likeness (QED) is 0.453. The van der Waals surface area contributed by atoms with E-state index in [4.69, 9.17) is 4.74 Å². The van der Waals surface area contributed by atoms with Crippen LogP contribution in [0.3, 0.4) is 0 Å². The van der Waals surface area contributed by atoms with Crippen LogP contribution in [0.5, 0.6) is 0 Å². The highest BCUT2D eigenvalue weighted by Gasteiger charge is 2.30. The number of rotatable bonds is 7. The lowest BCUT2D eigenvalue weighted by atomic mass is 9.78. The first kappa shape index (κ1) is 19.1. The van der Waals surface area contributed by atoms with Crippen molar-refractivity contribution in [3.8, 4) is 0 Å². The Morgan fingerprint density at radius 2 is 2.11 bits per heavy atom. The lowest BCUT2D eigenvalue weighted by molar-refractivity contribution is 0.0526. The fourth-order valence-electron chi connectivity index (χ4n) is 3.33. The Morgan fingerprint density at radius 1 is 1.32 bits per heavy atom. The summed E-state index contributed by atoms with van der Waals surface area (Å²) in [7, 11) is 0. The van der Waals surface area contributed by atoms with E-state index in [1.54, 1.807) is 29.2 Å². The molecule has 28 heavy (non-hydrogen) atoms. The van der Waals surface area contributed by atoms with Crippen molar-refractivity contribution in [2.75, 3.05) is 18.2 Å². The molecule has 0 unspecified atom stereocenters. The number of anilines is 1. The molecule has 3 aromatic rings. The van der Waals surface area contributed by atoms with Crippen LogP contribution in [0.1, 0.15) is 35.9 Å². The number of aromatic nitrogens is 3. The molecule has 1 aliphatic rings. The van der Waals surface area contributed by atoms with E-state index in [1.165, 1.54) is 0 Å². The van der Waals surface area contributed by atoms with Gasteiger partial charge in [-0.3, -0.25) is 0 Å². The van der Waals surface area contributed by atoms with Gasteiger partial charge in [-0.15, -0.1) is 11.8 Å². The lowest BCUT2D eigenvalue weighted by Gasteiger charge is -2.35. The number of esters is 1. The molecule has 8 heteroatoms. The minimum absolute atomic E-state index is 0.290. The number of nitrogens with zero attached hydrogens (tertiary/aromatic N) is 3. The van der Waals surface area contributed by atoms with Gasteiger partial charge in [0.15, 0.2) is 5.13 Å². The first-order chi connectivity index (χ1) is 13.6. The molecule has 0 radical (unpaired) electrons. The molecule has 0 aliphatic heterocycles. The minimum Gasteiger partial charge on any atom is -0.462 e. The summed E-state index contributed by atoms with van der Waals surface area (Å²) in [4.78, 5) is 26.5. The molecule has 2 heterocycles. The highest BCUT2D eigenvalue weighted by molar-refractivity contribution is 7.98. The summed E-state index contributed by atoms with van der Waals surface area (Å²) in [5.74, 6) is 1.25. The molecule has 6 nitrogen and oxygen atoms in total. The lowest BCUT2D eigenvalue weighted by Crippen LogP contribution is -2.36. The molecular formula is C20H22N4O2S2. The van der Waals surface area contributed by atoms with Crippen molar-refractivity contribution in [2.45, 2.75) is 37.1 Å². The molecule has 146 valence electrons. The highest BCUT2D eigenvalue weighted by atomic mass is 32.2. The molecule has 4 rings (SSSR count). The van der Waals surface area contributed by atoms with Crippen molar-refractivity contribution in [1.29, 1.82) is 0 Å². The zero-order valence-electron chi connectivity index (χ0n) is 15.8. The molecule has 1 fully saturated rings. The van der Waals surface area contributed by atoms with Crippen molar-refractivity contribution in [1.82, 2.24) is 15.0 Å². The van der Waals surface area contributed by atoms with E-state index >= 15 is 0 Å². The summed E-state index contributed by atoms with van der Waals surface area (Å²) in [5, 5.41) is 4.43. The molecule has 2 aromatic heterocycles. The molecule has 1 aromatic carbocycles. The van der Waals surface area contributed by atoms with Gasteiger partial charge >= 0.3 is 5.97 Å². The van der Waals surface area contributed by atoms with Crippen LogP contribution in [0, 0.1) is 5.92 Å². The second kappa shape index (κ2) is 8.45. The van der Waals surface area contributed by atoms with Crippen molar-refractivity contribution >= 4 is 44.4 Å². The van der Waals surface area contributed by atoms with Gasteiger partial charge in [0, 0.05) is 29.8 Å². The Kier molecular flexibility index (Phi) is 5.77. The van der Waals surface area contributed by atoms with E-state index in [9.17, 15) is 4.79 Å². The third-order valence-corrected chi connectivity index (χ3v) is 6.48. The van der Waals surface area contributed by atoms with E-state index in [1.807, 2.05) is 37.7 Å². The molecule has 1 aliphatic carbocycles. The SMILES string of the molecule is CCOC(=O)c1ccc2nc(NC3CC(Cc4ncc(SC)cn4)C3)sc2c1. The number of thiazole rings is 1. The van der Waals surface area contributed by atoms with Crippen molar-refractivity contribution in [3.05, 3.63) is 42.0 Å². The van der Waals surface area contributed by atoms with Crippen LogP contribution in [-0.2, 0) is 11.2 Å². The summed E-state index contributed by atoms with van der Waals surface area (Å²) in [6, 6.07) is 5.93. The minimum atomic E-state index is -0.290. The average molecular weight is 415 g/mol. The van der Waals surface area contributed by atoms with Crippen molar-refractivity contribution in [3.63, 3.8) is 0 Å². The number of hydrogen-bond donors (Lipinski definition) is 1. The van der Waals surface area contributed by atoms with Gasteiger partial charge in [0.1, 0.15) is 5.82 Å². The van der Waals surface area contributed by atoms with Crippen LogP contribution < -0.4 is 5.32 Å². The maximum Gasteiger partial charge on any atom is 0.338 e. The molecular weight excluding hydrogens is 392 g/mol. The van der Waals surface area contributed by atoms with E-state index in [0.29, 0.717) is 24.1 Å². The van der Waals surface area contributed by atoms with Gasteiger partial charge < -0.3 is 10.1 Å². The van der Waals surface area contributed by atoms with Crippen LogP contribution >= 0.6 is 23.1 Å². The van der Waals surface area contributed by atoms with E-state index in [-0.39, 0.29) is 5.97 Å². The Balaban J connectivity index is 1.32. The summed E-state index contributed by atoms with van der Waals surface area (Å²) < 4.78 is 6.06. The molecule has 0 amide bonds. The third kappa shape index (κ3) is 4.28.